The largest absolute Gasteiger partial charge is 0.497 e. The number of carbonyl (C=O) groups excluding carboxylic acids is 2. The fraction of sp³-hybridized carbons (Fsp3) is 0.150. The second-order valence-electron chi connectivity index (χ2n) is 5.86. The SMILES string of the molecule is COc1ccc(NC(=O)CCC(=O)N/N=C\c2c[nH]c3ccccc23)cc1. The lowest BCUT2D eigenvalue weighted by molar-refractivity contribution is -0.124. The molecule has 0 spiro atoms. The Bertz CT molecular complexity index is 961. The highest BCUT2D eigenvalue weighted by atomic mass is 16.5. The molecule has 1 aromatic heterocycles. The summed E-state index contributed by atoms with van der Waals surface area (Å²) >= 11 is 0. The second-order valence-corrected chi connectivity index (χ2v) is 5.86. The van der Waals surface area contributed by atoms with E-state index in [0.717, 1.165) is 16.5 Å². The van der Waals surface area contributed by atoms with Crippen LogP contribution in [0.25, 0.3) is 10.9 Å². The van der Waals surface area contributed by atoms with Crippen LogP contribution in [0.3, 0.4) is 0 Å². The van der Waals surface area contributed by atoms with Crippen LogP contribution in [0.5, 0.6) is 5.75 Å². The molecule has 3 aromatic rings. The van der Waals surface area contributed by atoms with Crippen LogP contribution >= 0.6 is 0 Å². The molecule has 2 amide bonds. The minimum Gasteiger partial charge on any atom is -0.497 e. The zero-order valence-electron chi connectivity index (χ0n) is 14.9. The third-order valence-corrected chi connectivity index (χ3v) is 3.97. The van der Waals surface area contributed by atoms with E-state index in [1.807, 2.05) is 30.5 Å². The van der Waals surface area contributed by atoms with Crippen LogP contribution in [-0.4, -0.2) is 30.1 Å². The van der Waals surface area contributed by atoms with Crippen molar-refractivity contribution < 1.29 is 14.3 Å². The molecule has 3 rings (SSSR count). The van der Waals surface area contributed by atoms with Crippen molar-refractivity contribution in [2.45, 2.75) is 12.8 Å². The number of para-hydroxylation sites is 1. The van der Waals surface area contributed by atoms with Crippen LogP contribution in [0.2, 0.25) is 0 Å². The standard InChI is InChI=1S/C20H20N4O3/c1-27-16-8-6-15(7-9-16)23-19(25)10-11-20(26)24-22-13-14-12-21-18-5-3-2-4-17(14)18/h2-9,12-13,21H,10-11H2,1H3,(H,23,25)(H,24,26)/b22-13-. The summed E-state index contributed by atoms with van der Waals surface area (Å²) in [6.45, 7) is 0. The monoisotopic (exact) mass is 364 g/mol. The van der Waals surface area contributed by atoms with Crippen LogP contribution < -0.4 is 15.5 Å². The van der Waals surface area contributed by atoms with E-state index in [1.165, 1.54) is 0 Å². The average molecular weight is 364 g/mol. The number of nitrogens with one attached hydrogen (secondary N) is 3. The van der Waals surface area contributed by atoms with Crippen molar-refractivity contribution in [3.05, 3.63) is 60.3 Å². The highest BCUT2D eigenvalue weighted by molar-refractivity contribution is 5.99. The Morgan fingerprint density at radius 1 is 1.07 bits per heavy atom. The van der Waals surface area contributed by atoms with E-state index in [4.69, 9.17) is 4.74 Å². The van der Waals surface area contributed by atoms with E-state index < -0.39 is 0 Å². The molecule has 3 N–H and O–H groups in total. The fourth-order valence-corrected chi connectivity index (χ4v) is 2.56. The van der Waals surface area contributed by atoms with Gasteiger partial charge >= 0.3 is 0 Å². The normalized spacial score (nSPS) is 10.9. The first kappa shape index (κ1) is 18.2. The van der Waals surface area contributed by atoms with Gasteiger partial charge in [0.1, 0.15) is 5.75 Å². The average Bonchev–Trinajstić information content (AvgIpc) is 3.10. The topological polar surface area (TPSA) is 95.6 Å². The van der Waals surface area contributed by atoms with Crippen LogP contribution in [0, 0.1) is 0 Å². The van der Waals surface area contributed by atoms with Gasteiger partial charge in [-0.3, -0.25) is 9.59 Å². The molecule has 2 aromatic carbocycles. The van der Waals surface area contributed by atoms with Crippen LogP contribution in [-0.2, 0) is 9.59 Å². The minimum atomic E-state index is -0.323. The van der Waals surface area contributed by atoms with Gasteiger partial charge in [-0.25, -0.2) is 5.43 Å². The van der Waals surface area contributed by atoms with Crippen molar-refractivity contribution in [1.29, 1.82) is 0 Å². The number of hydrogen-bond acceptors (Lipinski definition) is 4. The maximum Gasteiger partial charge on any atom is 0.240 e. The summed E-state index contributed by atoms with van der Waals surface area (Å²) < 4.78 is 5.06. The quantitative estimate of drug-likeness (QED) is 0.444. The summed E-state index contributed by atoms with van der Waals surface area (Å²) in [4.78, 5) is 26.9. The van der Waals surface area contributed by atoms with E-state index in [2.05, 4.69) is 20.8 Å². The van der Waals surface area contributed by atoms with Gasteiger partial charge in [0, 0.05) is 41.2 Å². The van der Waals surface area contributed by atoms with E-state index in [0.29, 0.717) is 11.4 Å². The number of benzene rings is 2. The van der Waals surface area contributed by atoms with E-state index in [9.17, 15) is 9.59 Å². The van der Waals surface area contributed by atoms with Crippen molar-refractivity contribution in [2.24, 2.45) is 5.10 Å². The summed E-state index contributed by atoms with van der Waals surface area (Å²) in [5.74, 6) is 0.146. The molecule has 0 aliphatic heterocycles. The number of methoxy groups -OCH3 is 1. The smallest absolute Gasteiger partial charge is 0.240 e. The van der Waals surface area contributed by atoms with E-state index in [-0.39, 0.29) is 24.7 Å². The Morgan fingerprint density at radius 2 is 1.81 bits per heavy atom. The fourth-order valence-electron chi connectivity index (χ4n) is 2.56. The second kappa shape index (κ2) is 8.66. The first-order chi connectivity index (χ1) is 13.2. The van der Waals surface area contributed by atoms with E-state index in [1.54, 1.807) is 37.6 Å². The Kier molecular flexibility index (Phi) is 5.84. The Balaban J connectivity index is 1.44. The highest BCUT2D eigenvalue weighted by Crippen LogP contribution is 2.16. The van der Waals surface area contributed by atoms with Gasteiger partial charge in [-0.15, -0.1) is 0 Å². The number of aromatic nitrogens is 1. The third kappa shape index (κ3) is 4.94. The zero-order valence-corrected chi connectivity index (χ0v) is 14.9. The zero-order chi connectivity index (χ0) is 19.1. The van der Waals surface area contributed by atoms with Gasteiger partial charge in [-0.1, -0.05) is 18.2 Å². The first-order valence-corrected chi connectivity index (χ1v) is 8.47. The predicted octanol–water partition coefficient (Wildman–Crippen LogP) is 3.05. The summed E-state index contributed by atoms with van der Waals surface area (Å²) in [6.07, 6.45) is 3.52. The highest BCUT2D eigenvalue weighted by Gasteiger charge is 2.07. The van der Waals surface area contributed by atoms with Gasteiger partial charge in [-0.2, -0.15) is 5.10 Å². The van der Waals surface area contributed by atoms with Crippen molar-refractivity contribution in [3.63, 3.8) is 0 Å². The molecule has 0 radical (unpaired) electrons. The number of hydrogen-bond donors (Lipinski definition) is 3. The number of anilines is 1. The lowest BCUT2D eigenvalue weighted by Gasteiger charge is -2.06. The molecule has 1 heterocycles. The minimum absolute atomic E-state index is 0.0488. The van der Waals surface area contributed by atoms with Gasteiger partial charge < -0.3 is 15.0 Å². The van der Waals surface area contributed by atoms with Crippen LogP contribution in [0.1, 0.15) is 18.4 Å². The molecule has 0 aliphatic carbocycles. The number of nitrogens with zero attached hydrogens (tertiary/aromatic N) is 1. The number of hydrazone groups is 1. The molecule has 7 heteroatoms. The van der Waals surface area contributed by atoms with Crippen molar-refractivity contribution in [1.82, 2.24) is 10.4 Å². The number of fused-ring (bicyclic) bond motifs is 1. The van der Waals surface area contributed by atoms with Crippen molar-refractivity contribution in [3.8, 4) is 5.75 Å². The maximum atomic E-state index is 11.9. The first-order valence-electron chi connectivity index (χ1n) is 8.47. The van der Waals surface area contributed by atoms with Crippen LogP contribution in [0.4, 0.5) is 5.69 Å². The number of amides is 2. The number of aromatic amines is 1. The molecule has 0 aliphatic rings. The Labute approximate surface area is 156 Å². The maximum absolute atomic E-state index is 11.9. The van der Waals surface area contributed by atoms with Crippen molar-refractivity contribution in [2.75, 3.05) is 12.4 Å². The summed E-state index contributed by atoms with van der Waals surface area (Å²) in [6, 6.07) is 14.8. The number of rotatable bonds is 7. The molecule has 138 valence electrons. The lowest BCUT2D eigenvalue weighted by Crippen LogP contribution is -2.20. The Hall–Kier alpha value is -3.61. The predicted molar refractivity (Wildman–Crippen MR) is 105 cm³/mol. The van der Waals surface area contributed by atoms with Gasteiger partial charge in [0.15, 0.2) is 0 Å². The van der Waals surface area contributed by atoms with Gasteiger partial charge in [-0.05, 0) is 30.3 Å². The summed E-state index contributed by atoms with van der Waals surface area (Å²) in [7, 11) is 1.58. The van der Waals surface area contributed by atoms with Crippen LogP contribution in [0.15, 0.2) is 59.8 Å². The number of ether oxygens (including phenoxy) is 1. The molecule has 27 heavy (non-hydrogen) atoms. The molecular weight excluding hydrogens is 344 g/mol. The van der Waals surface area contributed by atoms with Crippen molar-refractivity contribution >= 4 is 34.6 Å². The molecule has 0 unspecified atom stereocenters. The van der Waals surface area contributed by atoms with Gasteiger partial charge in [0.2, 0.25) is 11.8 Å². The molecular formula is C20H20N4O3. The number of H-pyrrole nitrogens is 1. The molecule has 0 atom stereocenters. The Morgan fingerprint density at radius 3 is 2.59 bits per heavy atom. The van der Waals surface area contributed by atoms with Gasteiger partial charge in [0.05, 0.1) is 13.3 Å². The number of carbonyl (C=O) groups is 2. The summed E-state index contributed by atoms with van der Waals surface area (Å²) in [5, 5.41) is 7.71. The molecule has 0 saturated heterocycles. The lowest BCUT2D eigenvalue weighted by atomic mass is 10.2. The molecule has 0 saturated carbocycles. The summed E-state index contributed by atoms with van der Waals surface area (Å²) in [5.41, 5.74) is 4.97. The van der Waals surface area contributed by atoms with Gasteiger partial charge in [0.25, 0.3) is 0 Å². The molecule has 0 bridgehead atoms. The molecule has 7 nitrogen and oxygen atoms in total. The molecule has 0 fully saturated rings. The van der Waals surface area contributed by atoms with E-state index >= 15 is 0 Å². The third-order valence-electron chi connectivity index (χ3n) is 3.97.